The maximum atomic E-state index is 3.88. The summed E-state index contributed by atoms with van der Waals surface area (Å²) in [6, 6.07) is 2.20. The average molecular weight is 225 g/mol. The van der Waals surface area contributed by atoms with Crippen molar-refractivity contribution in [1.82, 2.24) is 15.1 Å². The van der Waals surface area contributed by atoms with Gasteiger partial charge in [0.15, 0.2) is 0 Å². The summed E-state index contributed by atoms with van der Waals surface area (Å²) in [7, 11) is 4.47. The zero-order valence-electron chi connectivity index (χ0n) is 11.2. The normalized spacial score (nSPS) is 42.8. The van der Waals surface area contributed by atoms with Gasteiger partial charge in [-0.25, -0.2) is 0 Å². The van der Waals surface area contributed by atoms with Crippen LogP contribution in [0.2, 0.25) is 0 Å². The van der Waals surface area contributed by atoms with E-state index in [-0.39, 0.29) is 0 Å². The summed E-state index contributed by atoms with van der Waals surface area (Å²) in [5.41, 5.74) is 0. The number of likely N-dealkylation sites (tertiary alicyclic amines) is 2. The molecule has 0 amide bonds. The zero-order chi connectivity index (χ0) is 11.7. The molecule has 3 heteroatoms. The van der Waals surface area contributed by atoms with Crippen LogP contribution < -0.4 is 5.32 Å². The van der Waals surface area contributed by atoms with Gasteiger partial charge in [0.05, 0.1) is 0 Å². The Morgan fingerprint density at radius 3 is 2.44 bits per heavy atom. The van der Waals surface area contributed by atoms with Gasteiger partial charge in [-0.15, -0.1) is 0 Å². The van der Waals surface area contributed by atoms with Gasteiger partial charge >= 0.3 is 0 Å². The second kappa shape index (κ2) is 5.03. The largest absolute Gasteiger partial charge is 0.310 e. The van der Waals surface area contributed by atoms with Gasteiger partial charge in [-0.2, -0.15) is 0 Å². The van der Waals surface area contributed by atoms with Gasteiger partial charge in [0.1, 0.15) is 0 Å². The molecule has 0 bridgehead atoms. The van der Waals surface area contributed by atoms with Crippen LogP contribution in [0.1, 0.15) is 26.7 Å². The van der Waals surface area contributed by atoms with Crippen molar-refractivity contribution >= 4 is 0 Å². The summed E-state index contributed by atoms with van der Waals surface area (Å²) < 4.78 is 0. The highest BCUT2D eigenvalue weighted by Gasteiger charge is 2.31. The highest BCUT2D eigenvalue weighted by Crippen LogP contribution is 2.20. The summed E-state index contributed by atoms with van der Waals surface area (Å²) >= 11 is 0. The maximum Gasteiger partial charge on any atom is 0.0212 e. The Bertz CT molecular complexity index is 221. The van der Waals surface area contributed by atoms with Crippen molar-refractivity contribution in [1.29, 1.82) is 0 Å². The van der Waals surface area contributed by atoms with Crippen molar-refractivity contribution in [3.63, 3.8) is 0 Å². The molecule has 4 atom stereocenters. The summed E-state index contributed by atoms with van der Waals surface area (Å²) in [6.45, 7) is 8.44. The van der Waals surface area contributed by atoms with Crippen LogP contribution in [-0.2, 0) is 0 Å². The molecule has 2 saturated heterocycles. The predicted molar refractivity (Wildman–Crippen MR) is 68.7 cm³/mol. The maximum absolute atomic E-state index is 3.88. The molecule has 2 heterocycles. The highest BCUT2D eigenvalue weighted by atomic mass is 15.2. The fourth-order valence-electron chi connectivity index (χ4n) is 3.22. The molecule has 3 nitrogen and oxygen atoms in total. The molecule has 1 N–H and O–H groups in total. The first-order chi connectivity index (χ1) is 7.56. The molecule has 16 heavy (non-hydrogen) atoms. The second-order valence-electron chi connectivity index (χ2n) is 6.02. The van der Waals surface area contributed by atoms with E-state index in [2.05, 4.69) is 43.1 Å². The molecule has 2 rings (SSSR count). The van der Waals surface area contributed by atoms with E-state index in [1.54, 1.807) is 0 Å². The summed E-state index contributed by atoms with van der Waals surface area (Å²) in [5, 5.41) is 3.88. The standard InChI is InChI=1S/C13H27N3/c1-10-8-15(3)6-5-13(10)14-12-7-11(2)16(4)9-12/h10-14H,5-9H2,1-4H3. The van der Waals surface area contributed by atoms with E-state index in [9.17, 15) is 0 Å². The van der Waals surface area contributed by atoms with E-state index in [1.807, 2.05) is 0 Å². The number of hydrogen-bond acceptors (Lipinski definition) is 3. The number of hydrogen-bond donors (Lipinski definition) is 1. The Morgan fingerprint density at radius 1 is 1.12 bits per heavy atom. The number of piperidine rings is 1. The first kappa shape index (κ1) is 12.3. The summed E-state index contributed by atoms with van der Waals surface area (Å²) in [5.74, 6) is 0.792. The summed E-state index contributed by atoms with van der Waals surface area (Å²) in [6.07, 6.45) is 2.63. The molecule has 2 aliphatic heterocycles. The van der Waals surface area contributed by atoms with Crippen molar-refractivity contribution < 1.29 is 0 Å². The van der Waals surface area contributed by atoms with Crippen LogP contribution in [0.4, 0.5) is 0 Å². The van der Waals surface area contributed by atoms with Gasteiger partial charge in [-0.05, 0) is 46.3 Å². The molecule has 0 radical (unpaired) electrons. The van der Waals surface area contributed by atoms with Crippen molar-refractivity contribution in [2.24, 2.45) is 5.92 Å². The Kier molecular flexibility index (Phi) is 3.88. The van der Waals surface area contributed by atoms with Gasteiger partial charge in [0, 0.05) is 31.2 Å². The minimum atomic E-state index is 0.718. The molecule has 94 valence electrons. The van der Waals surface area contributed by atoms with Gasteiger partial charge < -0.3 is 15.1 Å². The predicted octanol–water partition coefficient (Wildman–Crippen LogP) is 1.01. The van der Waals surface area contributed by atoms with E-state index in [4.69, 9.17) is 0 Å². The molecule has 0 spiro atoms. The third kappa shape index (κ3) is 2.76. The Balaban J connectivity index is 1.81. The average Bonchev–Trinajstić information content (AvgIpc) is 2.51. The molecule has 0 aliphatic carbocycles. The third-order valence-corrected chi connectivity index (χ3v) is 4.44. The Hall–Kier alpha value is -0.120. The summed E-state index contributed by atoms with van der Waals surface area (Å²) in [4.78, 5) is 4.92. The monoisotopic (exact) mass is 225 g/mol. The lowest BCUT2D eigenvalue weighted by Crippen LogP contribution is -2.50. The topological polar surface area (TPSA) is 18.5 Å². The van der Waals surface area contributed by atoms with Crippen LogP contribution in [0.25, 0.3) is 0 Å². The minimum Gasteiger partial charge on any atom is -0.310 e. The second-order valence-corrected chi connectivity index (χ2v) is 6.02. The number of rotatable bonds is 2. The third-order valence-electron chi connectivity index (χ3n) is 4.44. The molecular formula is C13H27N3. The van der Waals surface area contributed by atoms with Crippen LogP contribution in [0, 0.1) is 5.92 Å². The van der Waals surface area contributed by atoms with E-state index in [0.29, 0.717) is 0 Å². The number of likely N-dealkylation sites (N-methyl/N-ethyl adjacent to an activating group) is 1. The van der Waals surface area contributed by atoms with E-state index >= 15 is 0 Å². The highest BCUT2D eigenvalue weighted by molar-refractivity contribution is 4.90. The first-order valence-electron chi connectivity index (χ1n) is 6.71. The van der Waals surface area contributed by atoms with Crippen LogP contribution in [0.3, 0.4) is 0 Å². The lowest BCUT2D eigenvalue weighted by molar-refractivity contribution is 0.166. The Morgan fingerprint density at radius 2 is 1.88 bits per heavy atom. The van der Waals surface area contributed by atoms with E-state index in [0.717, 1.165) is 24.0 Å². The van der Waals surface area contributed by atoms with Crippen LogP contribution in [0.15, 0.2) is 0 Å². The van der Waals surface area contributed by atoms with Gasteiger partial charge in [-0.1, -0.05) is 6.92 Å². The lowest BCUT2D eigenvalue weighted by atomic mass is 9.93. The molecule has 0 saturated carbocycles. The van der Waals surface area contributed by atoms with Crippen molar-refractivity contribution in [3.8, 4) is 0 Å². The molecular weight excluding hydrogens is 198 g/mol. The van der Waals surface area contributed by atoms with E-state index in [1.165, 1.54) is 32.5 Å². The van der Waals surface area contributed by atoms with Gasteiger partial charge in [0.25, 0.3) is 0 Å². The van der Waals surface area contributed by atoms with Gasteiger partial charge in [0.2, 0.25) is 0 Å². The first-order valence-corrected chi connectivity index (χ1v) is 6.71. The van der Waals surface area contributed by atoms with E-state index < -0.39 is 0 Å². The Labute approximate surface area is 100 Å². The zero-order valence-corrected chi connectivity index (χ0v) is 11.2. The fraction of sp³-hybridized carbons (Fsp3) is 1.00. The van der Waals surface area contributed by atoms with Crippen molar-refractivity contribution in [3.05, 3.63) is 0 Å². The molecule has 2 aliphatic rings. The molecule has 0 aromatic rings. The SMILES string of the molecule is CC1CN(C)CCC1NC1CC(C)N(C)C1. The van der Waals surface area contributed by atoms with Crippen LogP contribution >= 0.6 is 0 Å². The van der Waals surface area contributed by atoms with Crippen molar-refractivity contribution in [2.45, 2.75) is 44.8 Å². The quantitative estimate of drug-likeness (QED) is 0.757. The lowest BCUT2D eigenvalue weighted by Gasteiger charge is -2.36. The fourth-order valence-corrected chi connectivity index (χ4v) is 3.22. The molecule has 4 unspecified atom stereocenters. The number of nitrogens with zero attached hydrogens (tertiary/aromatic N) is 2. The minimum absolute atomic E-state index is 0.718. The molecule has 0 aromatic heterocycles. The van der Waals surface area contributed by atoms with Crippen LogP contribution in [0.5, 0.6) is 0 Å². The molecule has 0 aromatic carbocycles. The van der Waals surface area contributed by atoms with Crippen LogP contribution in [-0.4, -0.2) is 61.7 Å². The van der Waals surface area contributed by atoms with Gasteiger partial charge in [-0.3, -0.25) is 0 Å². The molecule has 2 fully saturated rings. The van der Waals surface area contributed by atoms with Crippen molar-refractivity contribution in [2.75, 3.05) is 33.7 Å². The number of nitrogens with one attached hydrogen (secondary N) is 1. The smallest absolute Gasteiger partial charge is 0.0212 e.